The van der Waals surface area contributed by atoms with Crippen LogP contribution >= 0.6 is 0 Å². The van der Waals surface area contributed by atoms with E-state index in [1.165, 1.54) is 6.08 Å². The highest BCUT2D eigenvalue weighted by Gasteiger charge is 2.26. The van der Waals surface area contributed by atoms with Crippen LogP contribution in [0.15, 0.2) is 37.1 Å². The van der Waals surface area contributed by atoms with Gasteiger partial charge in [0.1, 0.15) is 0 Å². The summed E-state index contributed by atoms with van der Waals surface area (Å²) in [6.07, 6.45) is 3.84. The normalized spacial score (nSPS) is 20.0. The molecule has 0 spiro atoms. The fourth-order valence-electron chi connectivity index (χ4n) is 1.99. The highest BCUT2D eigenvalue weighted by atomic mass is 16.5. The molecule has 1 amide bonds. The van der Waals surface area contributed by atoms with Crippen LogP contribution in [0.4, 0.5) is 0 Å². The van der Waals surface area contributed by atoms with E-state index in [0.29, 0.717) is 19.8 Å². The minimum atomic E-state index is -0.0331. The van der Waals surface area contributed by atoms with Crippen LogP contribution in [0.3, 0.4) is 0 Å². The van der Waals surface area contributed by atoms with Gasteiger partial charge >= 0.3 is 0 Å². The average Bonchev–Trinajstić information content (AvgIpc) is 2.40. The maximum absolute atomic E-state index is 11.7. The predicted octanol–water partition coefficient (Wildman–Crippen LogP) is 1.04. The third-order valence-electron chi connectivity index (χ3n) is 2.86. The summed E-state index contributed by atoms with van der Waals surface area (Å²) in [5.41, 5.74) is 0.977. The molecule has 2 rings (SSSR count). The number of hydrogen-bond donors (Lipinski definition) is 0. The van der Waals surface area contributed by atoms with Gasteiger partial charge in [-0.1, -0.05) is 12.6 Å². The second-order valence-electron chi connectivity index (χ2n) is 3.99. The molecule has 1 aromatic rings. The Bertz CT molecular complexity index is 392. The molecule has 1 unspecified atom stereocenters. The van der Waals surface area contributed by atoms with Gasteiger partial charge in [0.05, 0.1) is 19.3 Å². The van der Waals surface area contributed by atoms with Gasteiger partial charge in [-0.15, -0.1) is 0 Å². The van der Waals surface area contributed by atoms with Crippen molar-refractivity contribution in [1.29, 1.82) is 0 Å². The number of morpholine rings is 1. The fraction of sp³-hybridized carbons (Fsp3) is 0.385. The minimum Gasteiger partial charge on any atom is -0.377 e. The van der Waals surface area contributed by atoms with Crippen molar-refractivity contribution in [2.75, 3.05) is 19.8 Å². The fourth-order valence-corrected chi connectivity index (χ4v) is 1.99. The van der Waals surface area contributed by atoms with Crippen molar-refractivity contribution in [3.8, 4) is 0 Å². The number of hydrogen-bond acceptors (Lipinski definition) is 3. The summed E-state index contributed by atoms with van der Waals surface area (Å²) in [6.45, 7) is 5.32. The number of ether oxygens (including phenoxy) is 1. The molecular formula is C13H16N2O2. The Morgan fingerprint density at radius 3 is 3.24 bits per heavy atom. The minimum absolute atomic E-state index is 0.0331. The van der Waals surface area contributed by atoms with E-state index in [2.05, 4.69) is 11.6 Å². The third kappa shape index (κ3) is 2.91. The summed E-state index contributed by atoms with van der Waals surface area (Å²) in [5.74, 6) is -0.0331. The van der Waals surface area contributed by atoms with E-state index in [9.17, 15) is 4.79 Å². The summed E-state index contributed by atoms with van der Waals surface area (Å²) in [4.78, 5) is 17.8. The molecule has 0 aromatic carbocycles. The average molecular weight is 232 g/mol. The van der Waals surface area contributed by atoms with E-state index in [0.717, 1.165) is 12.1 Å². The molecule has 0 radical (unpaired) electrons. The van der Waals surface area contributed by atoms with Gasteiger partial charge in [0.25, 0.3) is 0 Å². The Morgan fingerprint density at radius 1 is 1.65 bits per heavy atom. The van der Waals surface area contributed by atoms with Gasteiger partial charge in [-0.2, -0.15) is 0 Å². The Balaban J connectivity index is 2.06. The van der Waals surface area contributed by atoms with Crippen molar-refractivity contribution in [1.82, 2.24) is 9.88 Å². The molecule has 2 heterocycles. The van der Waals surface area contributed by atoms with Gasteiger partial charge in [0.15, 0.2) is 0 Å². The van der Waals surface area contributed by atoms with Crippen LogP contribution in [-0.2, 0) is 16.0 Å². The largest absolute Gasteiger partial charge is 0.377 e. The lowest BCUT2D eigenvalue weighted by molar-refractivity contribution is -0.134. The third-order valence-corrected chi connectivity index (χ3v) is 2.86. The summed E-state index contributed by atoms with van der Waals surface area (Å²) in [5, 5.41) is 0. The molecule has 4 nitrogen and oxygen atoms in total. The second kappa shape index (κ2) is 5.59. The number of rotatable bonds is 3. The van der Waals surface area contributed by atoms with Crippen molar-refractivity contribution >= 4 is 5.91 Å². The number of nitrogens with zero attached hydrogens (tertiary/aromatic N) is 2. The Morgan fingerprint density at radius 2 is 2.53 bits per heavy atom. The zero-order valence-electron chi connectivity index (χ0n) is 9.71. The number of aromatic nitrogens is 1. The van der Waals surface area contributed by atoms with Crippen LogP contribution in [0.25, 0.3) is 0 Å². The standard InChI is InChI=1S/C13H16N2O2/c1-2-13(16)15-7-8-17-10-12(15)9-11-5-3-4-6-14-11/h2-6,12H,1,7-10H2. The van der Waals surface area contributed by atoms with Crippen LogP contribution in [0, 0.1) is 0 Å². The van der Waals surface area contributed by atoms with E-state index in [1.807, 2.05) is 23.1 Å². The molecule has 4 heteroatoms. The molecule has 1 atom stereocenters. The van der Waals surface area contributed by atoms with Gasteiger partial charge in [0, 0.05) is 24.9 Å². The smallest absolute Gasteiger partial charge is 0.246 e. The number of pyridine rings is 1. The van der Waals surface area contributed by atoms with Crippen molar-refractivity contribution in [2.45, 2.75) is 12.5 Å². The van der Waals surface area contributed by atoms with E-state index in [1.54, 1.807) is 6.20 Å². The van der Waals surface area contributed by atoms with Gasteiger partial charge in [-0.25, -0.2) is 0 Å². The zero-order chi connectivity index (χ0) is 12.1. The maximum Gasteiger partial charge on any atom is 0.246 e. The molecule has 17 heavy (non-hydrogen) atoms. The number of carbonyl (C=O) groups excluding carboxylic acids is 1. The highest BCUT2D eigenvalue weighted by molar-refractivity contribution is 5.87. The lowest BCUT2D eigenvalue weighted by Crippen LogP contribution is -2.49. The van der Waals surface area contributed by atoms with Gasteiger partial charge < -0.3 is 9.64 Å². The molecular weight excluding hydrogens is 216 g/mol. The summed E-state index contributed by atoms with van der Waals surface area (Å²) in [6, 6.07) is 5.86. The molecule has 0 aliphatic carbocycles. The first-order valence-electron chi connectivity index (χ1n) is 5.72. The van der Waals surface area contributed by atoms with Crippen molar-refractivity contribution in [3.05, 3.63) is 42.7 Å². The van der Waals surface area contributed by atoms with Crippen LogP contribution in [-0.4, -0.2) is 41.6 Å². The summed E-state index contributed by atoms with van der Waals surface area (Å²) >= 11 is 0. The molecule has 0 bridgehead atoms. The second-order valence-corrected chi connectivity index (χ2v) is 3.99. The maximum atomic E-state index is 11.7. The van der Waals surface area contributed by atoms with Gasteiger partial charge in [0.2, 0.25) is 5.91 Å². The summed E-state index contributed by atoms with van der Waals surface area (Å²) in [7, 11) is 0. The summed E-state index contributed by atoms with van der Waals surface area (Å²) < 4.78 is 5.42. The number of carbonyl (C=O) groups is 1. The highest BCUT2D eigenvalue weighted by Crippen LogP contribution is 2.12. The molecule has 90 valence electrons. The Labute approximate surface area is 101 Å². The van der Waals surface area contributed by atoms with Crippen molar-refractivity contribution in [2.24, 2.45) is 0 Å². The molecule has 1 aliphatic heterocycles. The molecule has 0 saturated carbocycles. The first-order chi connectivity index (χ1) is 8.31. The first-order valence-corrected chi connectivity index (χ1v) is 5.72. The molecule has 1 aliphatic rings. The lowest BCUT2D eigenvalue weighted by Gasteiger charge is -2.34. The van der Waals surface area contributed by atoms with Crippen molar-refractivity contribution < 1.29 is 9.53 Å². The molecule has 1 aromatic heterocycles. The van der Waals surface area contributed by atoms with Crippen LogP contribution in [0.2, 0.25) is 0 Å². The van der Waals surface area contributed by atoms with Crippen LogP contribution in [0.1, 0.15) is 5.69 Å². The van der Waals surface area contributed by atoms with E-state index < -0.39 is 0 Å². The van der Waals surface area contributed by atoms with E-state index >= 15 is 0 Å². The van der Waals surface area contributed by atoms with Crippen LogP contribution in [0.5, 0.6) is 0 Å². The molecule has 0 N–H and O–H groups in total. The van der Waals surface area contributed by atoms with E-state index in [4.69, 9.17) is 4.74 Å². The Kier molecular flexibility index (Phi) is 3.88. The lowest BCUT2D eigenvalue weighted by atomic mass is 10.1. The van der Waals surface area contributed by atoms with Gasteiger partial charge in [-0.05, 0) is 18.2 Å². The predicted molar refractivity (Wildman–Crippen MR) is 64.5 cm³/mol. The SMILES string of the molecule is C=CC(=O)N1CCOCC1Cc1ccccn1. The van der Waals surface area contributed by atoms with Crippen molar-refractivity contribution in [3.63, 3.8) is 0 Å². The quantitative estimate of drug-likeness (QED) is 0.731. The molecule has 1 fully saturated rings. The Hall–Kier alpha value is -1.68. The monoisotopic (exact) mass is 232 g/mol. The zero-order valence-corrected chi connectivity index (χ0v) is 9.71. The van der Waals surface area contributed by atoms with E-state index in [-0.39, 0.29) is 11.9 Å². The molecule has 1 saturated heterocycles. The van der Waals surface area contributed by atoms with Gasteiger partial charge in [-0.3, -0.25) is 9.78 Å². The first kappa shape index (κ1) is 11.8. The van der Waals surface area contributed by atoms with Crippen LogP contribution < -0.4 is 0 Å². The number of amides is 1. The topological polar surface area (TPSA) is 42.4 Å².